The van der Waals surface area contributed by atoms with Gasteiger partial charge in [0.25, 0.3) is 0 Å². The van der Waals surface area contributed by atoms with Crippen molar-refractivity contribution in [3.8, 4) is 11.1 Å². The summed E-state index contributed by atoms with van der Waals surface area (Å²) in [5.41, 5.74) is 13.9. The van der Waals surface area contributed by atoms with Crippen LogP contribution in [0, 0.1) is 0 Å². The number of primary sulfonamides is 1. The lowest BCUT2D eigenvalue weighted by molar-refractivity contribution is 0.460. The van der Waals surface area contributed by atoms with E-state index in [0.717, 1.165) is 31.5 Å². The standard InChI is InChI=1S/C21H29N7O4S2/c22-34(31,32)20-18(33(29,30)16-11-24-12-16)6-5-17(19(20)21-25-27-28-26-21)15-3-1-13(2-4-15)14-7-9-23-10-8-14/h1-6,14,16,21,23-28H,7-12H2,(H2,22,31,32). The molecule has 0 aromatic heterocycles. The molecule has 11 nitrogen and oxygen atoms in total. The summed E-state index contributed by atoms with van der Waals surface area (Å²) in [4.78, 5) is -0.670. The van der Waals surface area contributed by atoms with Crippen molar-refractivity contribution in [1.82, 2.24) is 32.6 Å². The van der Waals surface area contributed by atoms with Crippen LogP contribution >= 0.6 is 0 Å². The molecular weight excluding hydrogens is 478 g/mol. The number of hydrogen-bond donors (Lipinski definition) is 7. The first-order valence-corrected chi connectivity index (χ1v) is 14.3. The molecule has 2 aromatic carbocycles. The second kappa shape index (κ2) is 9.26. The number of nitrogens with one attached hydrogen (secondary N) is 6. The average Bonchev–Trinajstić information content (AvgIpc) is 3.31. The lowest BCUT2D eigenvalue weighted by Crippen LogP contribution is -2.51. The maximum Gasteiger partial charge on any atom is 0.239 e. The van der Waals surface area contributed by atoms with Crippen LogP contribution in [0.3, 0.4) is 0 Å². The molecule has 3 fully saturated rings. The zero-order chi connectivity index (χ0) is 23.9. The molecule has 8 N–H and O–H groups in total. The molecule has 3 aliphatic heterocycles. The summed E-state index contributed by atoms with van der Waals surface area (Å²) in [6.45, 7) is 2.51. The fraction of sp³-hybridized carbons (Fsp3) is 0.429. The Kier molecular flexibility index (Phi) is 6.48. The van der Waals surface area contributed by atoms with Crippen molar-refractivity contribution in [2.45, 2.75) is 40.0 Å². The van der Waals surface area contributed by atoms with E-state index in [1.165, 1.54) is 11.6 Å². The molecule has 0 aliphatic carbocycles. The van der Waals surface area contributed by atoms with Gasteiger partial charge in [0.1, 0.15) is 11.1 Å². The van der Waals surface area contributed by atoms with Gasteiger partial charge >= 0.3 is 0 Å². The van der Waals surface area contributed by atoms with Crippen LogP contribution < -0.4 is 37.7 Å². The number of sulfonamides is 1. The molecule has 13 heteroatoms. The Balaban J connectivity index is 1.65. The van der Waals surface area contributed by atoms with E-state index >= 15 is 0 Å². The lowest BCUT2D eigenvalue weighted by atomic mass is 9.88. The van der Waals surface area contributed by atoms with E-state index in [0.29, 0.717) is 11.5 Å². The van der Waals surface area contributed by atoms with Crippen molar-refractivity contribution in [2.75, 3.05) is 26.2 Å². The first-order valence-electron chi connectivity index (χ1n) is 11.2. The van der Waals surface area contributed by atoms with Crippen molar-refractivity contribution in [3.63, 3.8) is 0 Å². The molecule has 0 spiro atoms. The molecule has 5 rings (SSSR count). The van der Waals surface area contributed by atoms with Gasteiger partial charge in [-0.05, 0) is 54.6 Å². The Morgan fingerprint density at radius 1 is 0.824 bits per heavy atom. The molecule has 0 bridgehead atoms. The minimum Gasteiger partial charge on any atom is -0.317 e. The zero-order valence-corrected chi connectivity index (χ0v) is 20.1. The predicted octanol–water partition coefficient (Wildman–Crippen LogP) is -0.671. The van der Waals surface area contributed by atoms with Gasteiger partial charge in [0.15, 0.2) is 9.84 Å². The summed E-state index contributed by atoms with van der Waals surface area (Å²) < 4.78 is 52.3. The first-order chi connectivity index (χ1) is 16.3. The fourth-order valence-corrected chi connectivity index (χ4v) is 8.02. The van der Waals surface area contributed by atoms with E-state index in [1.807, 2.05) is 12.1 Å². The normalized spacial score (nSPS) is 21.0. The minimum atomic E-state index is -4.40. The smallest absolute Gasteiger partial charge is 0.239 e. The molecule has 0 atom stereocenters. The van der Waals surface area contributed by atoms with E-state index in [2.05, 4.69) is 44.7 Å². The highest BCUT2D eigenvalue weighted by molar-refractivity contribution is 7.94. The molecule has 3 heterocycles. The summed E-state index contributed by atoms with van der Waals surface area (Å²) >= 11 is 0. The number of benzene rings is 2. The molecule has 0 radical (unpaired) electrons. The Bertz CT molecular complexity index is 1270. The van der Waals surface area contributed by atoms with Gasteiger partial charge in [-0.15, -0.1) is 0 Å². The second-order valence-corrected chi connectivity index (χ2v) is 12.5. The summed E-state index contributed by atoms with van der Waals surface area (Å²) in [7, 11) is -8.31. The van der Waals surface area contributed by atoms with E-state index < -0.39 is 36.2 Å². The Morgan fingerprint density at radius 2 is 1.47 bits per heavy atom. The number of hydrazine groups is 3. The van der Waals surface area contributed by atoms with Gasteiger partial charge in [0.05, 0.1) is 10.1 Å². The predicted molar refractivity (Wildman–Crippen MR) is 127 cm³/mol. The maximum atomic E-state index is 13.3. The molecule has 0 amide bonds. The van der Waals surface area contributed by atoms with E-state index in [-0.39, 0.29) is 23.5 Å². The SMILES string of the molecule is NS(=O)(=O)c1c(S(=O)(=O)C2CNC2)ccc(-c2ccc(C3CCNCC3)cc2)c1C1NNNN1. The van der Waals surface area contributed by atoms with Crippen LogP contribution in [0.5, 0.6) is 0 Å². The van der Waals surface area contributed by atoms with Crippen LogP contribution in [0.15, 0.2) is 46.2 Å². The minimum absolute atomic E-state index is 0.239. The third kappa shape index (κ3) is 4.39. The third-order valence-corrected chi connectivity index (χ3v) is 10.1. The first kappa shape index (κ1) is 23.8. The molecule has 0 unspecified atom stereocenters. The van der Waals surface area contributed by atoms with Gasteiger partial charge in [0.2, 0.25) is 10.0 Å². The van der Waals surface area contributed by atoms with Crippen LogP contribution in [0.2, 0.25) is 0 Å². The molecule has 0 saturated carbocycles. The summed E-state index contributed by atoms with van der Waals surface area (Å²) in [6.07, 6.45) is 1.38. The number of rotatable bonds is 6. The Labute approximate surface area is 199 Å². The van der Waals surface area contributed by atoms with Gasteiger partial charge in [-0.1, -0.05) is 30.3 Å². The molecule has 3 aliphatic rings. The van der Waals surface area contributed by atoms with Crippen LogP contribution in [0.1, 0.15) is 36.1 Å². The molecular formula is C21H29N7O4S2. The van der Waals surface area contributed by atoms with Gasteiger partial charge in [0, 0.05) is 18.7 Å². The highest BCUT2D eigenvalue weighted by Gasteiger charge is 2.39. The Hall–Kier alpha value is -1.94. The van der Waals surface area contributed by atoms with Crippen molar-refractivity contribution < 1.29 is 16.8 Å². The zero-order valence-electron chi connectivity index (χ0n) is 18.5. The highest BCUT2D eigenvalue weighted by Crippen LogP contribution is 2.38. The molecule has 2 aromatic rings. The van der Waals surface area contributed by atoms with E-state index in [4.69, 9.17) is 5.14 Å². The van der Waals surface area contributed by atoms with Gasteiger partial charge in [-0.3, -0.25) is 0 Å². The second-order valence-electron chi connectivity index (χ2n) is 8.84. The quantitative estimate of drug-likeness (QED) is 0.266. The summed E-state index contributed by atoms with van der Waals surface area (Å²) in [6, 6.07) is 11.0. The van der Waals surface area contributed by atoms with Gasteiger partial charge in [-0.2, -0.15) is 11.1 Å². The van der Waals surface area contributed by atoms with Crippen LogP contribution in [-0.2, 0) is 19.9 Å². The molecule has 34 heavy (non-hydrogen) atoms. The van der Waals surface area contributed by atoms with E-state index in [9.17, 15) is 16.8 Å². The highest BCUT2D eigenvalue weighted by atomic mass is 32.2. The van der Waals surface area contributed by atoms with Gasteiger partial charge < -0.3 is 10.6 Å². The van der Waals surface area contributed by atoms with Gasteiger partial charge in [-0.25, -0.2) is 32.8 Å². The van der Waals surface area contributed by atoms with Crippen LogP contribution in [-0.4, -0.2) is 48.3 Å². The molecule has 3 saturated heterocycles. The maximum absolute atomic E-state index is 13.3. The van der Waals surface area contributed by atoms with Crippen molar-refractivity contribution in [1.29, 1.82) is 0 Å². The van der Waals surface area contributed by atoms with Crippen molar-refractivity contribution >= 4 is 19.9 Å². The topological polar surface area (TPSA) is 166 Å². The van der Waals surface area contributed by atoms with E-state index in [1.54, 1.807) is 6.07 Å². The number of sulfone groups is 1. The average molecular weight is 508 g/mol. The monoisotopic (exact) mass is 507 g/mol. The number of nitrogens with two attached hydrogens (primary N) is 1. The number of hydrogen-bond acceptors (Lipinski definition) is 10. The van der Waals surface area contributed by atoms with Crippen molar-refractivity contribution in [3.05, 3.63) is 47.5 Å². The molecule has 184 valence electrons. The lowest BCUT2D eigenvalue weighted by Gasteiger charge is -2.29. The third-order valence-electron chi connectivity index (χ3n) is 6.75. The summed E-state index contributed by atoms with van der Waals surface area (Å²) in [5.74, 6) is 0.477. The van der Waals surface area contributed by atoms with Crippen LogP contribution in [0.4, 0.5) is 0 Å². The fourth-order valence-electron chi connectivity index (χ4n) is 4.78. The number of piperidine rings is 1. The largest absolute Gasteiger partial charge is 0.317 e. The van der Waals surface area contributed by atoms with Crippen molar-refractivity contribution in [2.24, 2.45) is 5.14 Å². The van der Waals surface area contributed by atoms with Crippen LogP contribution in [0.25, 0.3) is 11.1 Å². The summed E-state index contributed by atoms with van der Waals surface area (Å²) in [5, 5.41) is 11.2. The Morgan fingerprint density at radius 3 is 2.03 bits per heavy atom.